The van der Waals surface area contributed by atoms with Crippen LogP contribution in [0.4, 0.5) is 5.69 Å². The van der Waals surface area contributed by atoms with Gasteiger partial charge in [-0.25, -0.2) is 9.97 Å². The van der Waals surface area contributed by atoms with Crippen LogP contribution in [0.5, 0.6) is 5.75 Å². The van der Waals surface area contributed by atoms with Crippen molar-refractivity contribution in [3.05, 3.63) is 88.3 Å². The summed E-state index contributed by atoms with van der Waals surface area (Å²) in [5, 5.41) is 3.74. The lowest BCUT2D eigenvalue weighted by Gasteiger charge is -2.13. The van der Waals surface area contributed by atoms with E-state index in [1.54, 1.807) is 54.3 Å². The molecule has 0 aliphatic rings. The minimum absolute atomic E-state index is 0.0931. The number of benzene rings is 2. The number of aromatic nitrogens is 3. The van der Waals surface area contributed by atoms with Crippen LogP contribution in [0.2, 0.25) is 0 Å². The van der Waals surface area contributed by atoms with Gasteiger partial charge in [-0.1, -0.05) is 47.7 Å². The molecule has 0 unspecified atom stereocenters. The number of nitrogens with one attached hydrogen (secondary N) is 1. The van der Waals surface area contributed by atoms with E-state index in [1.807, 2.05) is 31.2 Å². The Morgan fingerprint density at radius 3 is 2.72 bits per heavy atom. The molecule has 0 aliphatic heterocycles. The maximum atomic E-state index is 13.2. The number of fused-ring (bicyclic) bond motifs is 1. The first-order valence-electron chi connectivity index (χ1n) is 10.0. The summed E-state index contributed by atoms with van der Waals surface area (Å²) in [6.45, 7) is 2.37. The van der Waals surface area contributed by atoms with E-state index in [0.29, 0.717) is 34.2 Å². The number of anilines is 1. The van der Waals surface area contributed by atoms with Gasteiger partial charge >= 0.3 is 0 Å². The molecule has 8 heteroatoms. The van der Waals surface area contributed by atoms with Crippen LogP contribution in [0.3, 0.4) is 0 Å². The van der Waals surface area contributed by atoms with Gasteiger partial charge in [0, 0.05) is 18.0 Å². The molecule has 0 radical (unpaired) electrons. The molecule has 4 rings (SSSR count). The highest BCUT2D eigenvalue weighted by Crippen LogP contribution is 2.20. The highest BCUT2D eigenvalue weighted by molar-refractivity contribution is 7.99. The molecule has 162 valence electrons. The number of hydrogen-bond donors (Lipinski definition) is 1. The Morgan fingerprint density at radius 2 is 1.94 bits per heavy atom. The van der Waals surface area contributed by atoms with Gasteiger partial charge < -0.3 is 10.1 Å². The summed E-state index contributed by atoms with van der Waals surface area (Å²) in [5.74, 6) is 0.542. The molecule has 1 N–H and O–H groups in total. The monoisotopic (exact) mass is 446 g/mol. The fourth-order valence-electron chi connectivity index (χ4n) is 3.19. The van der Waals surface area contributed by atoms with Gasteiger partial charge in [-0.2, -0.15) is 0 Å². The predicted molar refractivity (Wildman–Crippen MR) is 126 cm³/mol. The van der Waals surface area contributed by atoms with Crippen LogP contribution >= 0.6 is 11.8 Å². The molecule has 0 saturated carbocycles. The highest BCUT2D eigenvalue weighted by atomic mass is 32.2. The molecule has 2 heterocycles. The molecule has 0 spiro atoms. The van der Waals surface area contributed by atoms with Gasteiger partial charge in [-0.05, 0) is 36.8 Å². The molecule has 0 bridgehead atoms. The molecule has 0 atom stereocenters. The van der Waals surface area contributed by atoms with Crippen molar-refractivity contribution in [3.8, 4) is 5.75 Å². The molecule has 32 heavy (non-hydrogen) atoms. The first-order chi connectivity index (χ1) is 15.5. The smallest absolute Gasteiger partial charge is 0.263 e. The minimum atomic E-state index is -0.208. The van der Waals surface area contributed by atoms with Crippen molar-refractivity contribution >= 4 is 34.4 Å². The second kappa shape index (κ2) is 9.65. The van der Waals surface area contributed by atoms with Gasteiger partial charge in [0.15, 0.2) is 10.8 Å². The fourth-order valence-corrected chi connectivity index (χ4v) is 3.98. The van der Waals surface area contributed by atoms with E-state index in [9.17, 15) is 9.59 Å². The van der Waals surface area contributed by atoms with Crippen molar-refractivity contribution in [2.75, 3.05) is 18.2 Å². The van der Waals surface area contributed by atoms with E-state index >= 15 is 0 Å². The van der Waals surface area contributed by atoms with Gasteiger partial charge in [0.1, 0.15) is 5.75 Å². The summed E-state index contributed by atoms with van der Waals surface area (Å²) in [4.78, 5) is 34.5. The molecular formula is C24H22N4O3S. The minimum Gasteiger partial charge on any atom is -0.497 e. The topological polar surface area (TPSA) is 86.1 Å². The number of carbonyl (C=O) groups is 1. The Kier molecular flexibility index (Phi) is 6.51. The molecule has 1 amide bonds. The van der Waals surface area contributed by atoms with Gasteiger partial charge in [0.05, 0.1) is 24.8 Å². The number of pyridine rings is 1. The van der Waals surface area contributed by atoms with E-state index < -0.39 is 0 Å². The van der Waals surface area contributed by atoms with Crippen LogP contribution in [0.15, 0.2) is 76.8 Å². The molecule has 0 aliphatic carbocycles. The lowest BCUT2D eigenvalue weighted by atomic mass is 10.1. The second-order valence-electron chi connectivity index (χ2n) is 7.21. The summed E-state index contributed by atoms with van der Waals surface area (Å²) < 4.78 is 6.78. The molecule has 4 aromatic rings. The van der Waals surface area contributed by atoms with Gasteiger partial charge in [0.25, 0.3) is 5.56 Å². The van der Waals surface area contributed by atoms with Crippen LogP contribution < -0.4 is 15.6 Å². The number of methoxy groups -OCH3 is 1. The van der Waals surface area contributed by atoms with Crippen LogP contribution in [-0.2, 0) is 11.3 Å². The fraction of sp³-hybridized carbons (Fsp3) is 0.167. The molecule has 2 aromatic heterocycles. The highest BCUT2D eigenvalue weighted by Gasteiger charge is 2.14. The molecular weight excluding hydrogens is 424 g/mol. The Labute approximate surface area is 189 Å². The summed E-state index contributed by atoms with van der Waals surface area (Å²) in [7, 11) is 1.57. The normalized spacial score (nSPS) is 10.8. The SMILES string of the molecule is COc1cccc(NC(=O)CSc2nc3ncccc3c(=O)n2Cc2ccc(C)cc2)c1. The average molecular weight is 447 g/mol. The van der Waals surface area contributed by atoms with Crippen molar-refractivity contribution in [1.29, 1.82) is 0 Å². The molecule has 0 fully saturated rings. The molecule has 2 aromatic carbocycles. The van der Waals surface area contributed by atoms with Crippen LogP contribution in [0.25, 0.3) is 11.0 Å². The van der Waals surface area contributed by atoms with E-state index in [2.05, 4.69) is 15.3 Å². The number of amides is 1. The summed E-state index contributed by atoms with van der Waals surface area (Å²) in [6.07, 6.45) is 1.60. The summed E-state index contributed by atoms with van der Waals surface area (Å²) in [6, 6.07) is 18.6. The number of thioether (sulfide) groups is 1. The largest absolute Gasteiger partial charge is 0.497 e. The Bertz CT molecular complexity index is 1320. The number of ether oxygens (including phenoxy) is 1. The first kappa shape index (κ1) is 21.6. The number of hydrogen-bond acceptors (Lipinski definition) is 6. The van der Waals surface area contributed by atoms with Crippen molar-refractivity contribution in [3.63, 3.8) is 0 Å². The summed E-state index contributed by atoms with van der Waals surface area (Å²) >= 11 is 1.20. The summed E-state index contributed by atoms with van der Waals surface area (Å²) in [5.41, 5.74) is 2.95. The second-order valence-corrected chi connectivity index (χ2v) is 8.16. The zero-order valence-corrected chi connectivity index (χ0v) is 18.6. The Balaban J connectivity index is 1.59. The molecule has 0 saturated heterocycles. The van der Waals surface area contributed by atoms with Crippen molar-refractivity contribution in [2.45, 2.75) is 18.6 Å². The number of carbonyl (C=O) groups excluding carboxylic acids is 1. The van der Waals surface area contributed by atoms with Crippen molar-refractivity contribution in [1.82, 2.24) is 14.5 Å². The predicted octanol–water partition coefficient (Wildman–Crippen LogP) is 3.89. The van der Waals surface area contributed by atoms with E-state index in [-0.39, 0.29) is 17.2 Å². The standard InChI is InChI=1S/C24H22N4O3S/c1-16-8-10-17(11-9-16)14-28-23(30)20-7-4-12-25-22(20)27-24(28)32-15-21(29)26-18-5-3-6-19(13-18)31-2/h3-13H,14-15H2,1-2H3,(H,26,29). The third-order valence-electron chi connectivity index (χ3n) is 4.84. The van der Waals surface area contributed by atoms with Gasteiger partial charge in [0.2, 0.25) is 5.91 Å². The number of nitrogens with zero attached hydrogens (tertiary/aromatic N) is 3. The zero-order chi connectivity index (χ0) is 22.5. The maximum Gasteiger partial charge on any atom is 0.263 e. The number of rotatable bonds is 7. The first-order valence-corrected chi connectivity index (χ1v) is 11.0. The van der Waals surface area contributed by atoms with Crippen molar-refractivity contribution < 1.29 is 9.53 Å². The average Bonchev–Trinajstić information content (AvgIpc) is 2.81. The third kappa shape index (κ3) is 4.97. The van der Waals surface area contributed by atoms with Gasteiger partial charge in [-0.15, -0.1) is 0 Å². The van der Waals surface area contributed by atoms with E-state index in [0.717, 1.165) is 11.1 Å². The lowest BCUT2D eigenvalue weighted by molar-refractivity contribution is -0.113. The van der Waals surface area contributed by atoms with E-state index in [4.69, 9.17) is 4.74 Å². The number of aryl methyl sites for hydroxylation is 1. The van der Waals surface area contributed by atoms with Gasteiger partial charge in [-0.3, -0.25) is 14.2 Å². The Hall–Kier alpha value is -3.65. The third-order valence-corrected chi connectivity index (χ3v) is 5.82. The van der Waals surface area contributed by atoms with Crippen LogP contribution in [0.1, 0.15) is 11.1 Å². The van der Waals surface area contributed by atoms with Crippen LogP contribution in [-0.4, -0.2) is 33.3 Å². The van der Waals surface area contributed by atoms with Crippen LogP contribution in [0, 0.1) is 6.92 Å². The molecule has 7 nitrogen and oxygen atoms in total. The van der Waals surface area contributed by atoms with E-state index in [1.165, 1.54) is 11.8 Å². The Morgan fingerprint density at radius 1 is 1.12 bits per heavy atom. The maximum absolute atomic E-state index is 13.2. The quantitative estimate of drug-likeness (QED) is 0.342. The zero-order valence-electron chi connectivity index (χ0n) is 17.7. The lowest BCUT2D eigenvalue weighted by Crippen LogP contribution is -2.25. The van der Waals surface area contributed by atoms with Crippen molar-refractivity contribution in [2.24, 2.45) is 0 Å².